The van der Waals surface area contributed by atoms with E-state index in [1.807, 2.05) is 0 Å². The highest BCUT2D eigenvalue weighted by atomic mass is 16.4. The topological polar surface area (TPSA) is 135 Å². The Bertz CT molecular complexity index is 312. The number of allylic oxidation sites excluding steroid dienone is 1. The molecular weight excluding hydrogens is 232 g/mol. The third-order valence-corrected chi connectivity index (χ3v) is 2.13. The van der Waals surface area contributed by atoms with Gasteiger partial charge in [0.2, 0.25) is 11.6 Å². The molecule has 0 amide bonds. The smallest absolute Gasteiger partial charge is 0.234 e. The molecule has 0 saturated carbocycles. The molecule has 0 radical (unpaired) electrons. The Morgan fingerprint density at radius 3 is 1.94 bits per heavy atom. The van der Waals surface area contributed by atoms with Crippen LogP contribution in [0.25, 0.3) is 0 Å². The molecule has 0 aromatic heterocycles. The van der Waals surface area contributed by atoms with Gasteiger partial charge in [0.25, 0.3) is 0 Å². The summed E-state index contributed by atoms with van der Waals surface area (Å²) in [6.07, 6.45) is -7.94. The SMILES string of the molecule is C=C(C)C(=O)C(=O)[C@H](O)[C@@H](O)[C@@H](O)[C@H](O)CO. The van der Waals surface area contributed by atoms with Gasteiger partial charge in [-0.05, 0) is 12.5 Å². The van der Waals surface area contributed by atoms with Crippen molar-refractivity contribution in [2.75, 3.05) is 6.61 Å². The molecule has 0 aliphatic rings. The van der Waals surface area contributed by atoms with Crippen molar-refractivity contribution < 1.29 is 35.1 Å². The second-order valence-corrected chi connectivity index (χ2v) is 3.65. The predicted molar refractivity (Wildman–Crippen MR) is 55.9 cm³/mol. The molecule has 4 atom stereocenters. The Kier molecular flexibility index (Phi) is 6.14. The zero-order chi connectivity index (χ0) is 13.7. The predicted octanol–water partition coefficient (Wildman–Crippen LogP) is -2.86. The largest absolute Gasteiger partial charge is 0.394 e. The van der Waals surface area contributed by atoms with Crippen molar-refractivity contribution in [1.82, 2.24) is 0 Å². The van der Waals surface area contributed by atoms with Crippen LogP contribution in [0.15, 0.2) is 12.2 Å². The fourth-order valence-corrected chi connectivity index (χ4v) is 1.02. The molecule has 0 rings (SSSR count). The minimum atomic E-state index is -2.18. The molecule has 0 aromatic rings. The van der Waals surface area contributed by atoms with Crippen LogP contribution in [-0.2, 0) is 9.59 Å². The van der Waals surface area contributed by atoms with Gasteiger partial charge in [0.1, 0.15) is 24.4 Å². The van der Waals surface area contributed by atoms with E-state index in [0.29, 0.717) is 0 Å². The van der Waals surface area contributed by atoms with Crippen molar-refractivity contribution in [1.29, 1.82) is 0 Å². The minimum Gasteiger partial charge on any atom is -0.394 e. The van der Waals surface area contributed by atoms with Crippen LogP contribution in [0.2, 0.25) is 0 Å². The number of rotatable bonds is 7. The molecule has 0 spiro atoms. The lowest BCUT2D eigenvalue weighted by molar-refractivity contribution is -0.152. The van der Waals surface area contributed by atoms with E-state index in [0.717, 1.165) is 0 Å². The molecule has 0 heterocycles. The average Bonchev–Trinajstić information content (AvgIpc) is 2.32. The van der Waals surface area contributed by atoms with Crippen LogP contribution in [0.4, 0.5) is 0 Å². The van der Waals surface area contributed by atoms with Gasteiger partial charge < -0.3 is 25.5 Å². The van der Waals surface area contributed by atoms with Crippen LogP contribution in [0, 0.1) is 0 Å². The van der Waals surface area contributed by atoms with Gasteiger partial charge in [0.05, 0.1) is 6.61 Å². The number of carbonyl (C=O) groups is 2. The Balaban J connectivity index is 4.70. The molecule has 0 saturated heterocycles. The Hall–Kier alpha value is -1.12. The van der Waals surface area contributed by atoms with Gasteiger partial charge in [-0.15, -0.1) is 0 Å². The summed E-state index contributed by atoms with van der Waals surface area (Å²) in [5, 5.41) is 45.3. The number of hydrogen-bond donors (Lipinski definition) is 5. The summed E-state index contributed by atoms with van der Waals surface area (Å²) >= 11 is 0. The molecule has 5 N–H and O–H groups in total. The standard InChI is InChI=1S/C10H16O7/c1-4(2)6(13)8(15)10(17)9(16)7(14)5(12)3-11/h5,7,9-12,14,16-17H,1,3H2,2H3/t5-,7+,9+,10+/m1/s1. The van der Waals surface area contributed by atoms with Crippen molar-refractivity contribution in [2.45, 2.75) is 31.3 Å². The molecule has 7 nitrogen and oxygen atoms in total. The van der Waals surface area contributed by atoms with Crippen molar-refractivity contribution in [3.8, 4) is 0 Å². The lowest BCUT2D eigenvalue weighted by atomic mass is 9.97. The second kappa shape index (κ2) is 6.58. The van der Waals surface area contributed by atoms with Crippen LogP contribution in [0.1, 0.15) is 6.92 Å². The van der Waals surface area contributed by atoms with E-state index in [-0.39, 0.29) is 5.57 Å². The molecule has 17 heavy (non-hydrogen) atoms. The number of carbonyl (C=O) groups excluding carboxylic acids is 2. The molecule has 7 heteroatoms. The number of hydrogen-bond acceptors (Lipinski definition) is 7. The number of Topliss-reactive ketones (excluding diaryl/α,β-unsaturated/α-hetero) is 2. The maximum atomic E-state index is 11.3. The quantitative estimate of drug-likeness (QED) is 0.241. The first-order valence-electron chi connectivity index (χ1n) is 4.81. The number of aliphatic hydroxyl groups excluding tert-OH is 5. The van der Waals surface area contributed by atoms with Crippen molar-refractivity contribution in [3.63, 3.8) is 0 Å². The summed E-state index contributed by atoms with van der Waals surface area (Å²) in [6, 6.07) is 0. The van der Waals surface area contributed by atoms with Gasteiger partial charge >= 0.3 is 0 Å². The fraction of sp³-hybridized carbons (Fsp3) is 0.600. The maximum absolute atomic E-state index is 11.3. The highest BCUT2D eigenvalue weighted by Crippen LogP contribution is 2.08. The van der Waals surface area contributed by atoms with Crippen LogP contribution >= 0.6 is 0 Å². The molecule has 0 unspecified atom stereocenters. The van der Waals surface area contributed by atoms with E-state index in [1.165, 1.54) is 6.92 Å². The molecule has 98 valence electrons. The summed E-state index contributed by atoms with van der Waals surface area (Å²) in [7, 11) is 0. The van der Waals surface area contributed by atoms with Crippen molar-refractivity contribution in [2.24, 2.45) is 0 Å². The van der Waals surface area contributed by atoms with E-state index in [9.17, 15) is 24.9 Å². The first kappa shape index (κ1) is 15.9. The zero-order valence-corrected chi connectivity index (χ0v) is 9.28. The summed E-state index contributed by atoms with van der Waals surface area (Å²) in [6.45, 7) is 3.58. The summed E-state index contributed by atoms with van der Waals surface area (Å²) in [5.74, 6) is -2.42. The minimum absolute atomic E-state index is 0.126. The highest BCUT2D eigenvalue weighted by Gasteiger charge is 2.36. The average molecular weight is 248 g/mol. The monoisotopic (exact) mass is 248 g/mol. The Morgan fingerprint density at radius 1 is 1.12 bits per heavy atom. The van der Waals surface area contributed by atoms with E-state index < -0.39 is 42.6 Å². The first-order valence-corrected chi connectivity index (χ1v) is 4.81. The molecule has 0 bridgehead atoms. The number of aliphatic hydroxyl groups is 5. The van der Waals surface area contributed by atoms with Gasteiger partial charge in [0.15, 0.2) is 0 Å². The van der Waals surface area contributed by atoms with Crippen molar-refractivity contribution >= 4 is 11.6 Å². The number of ketones is 2. The molecule has 0 aliphatic heterocycles. The normalized spacial score (nSPS) is 18.0. The van der Waals surface area contributed by atoms with Gasteiger partial charge in [-0.2, -0.15) is 0 Å². The summed E-state index contributed by atoms with van der Waals surface area (Å²) < 4.78 is 0. The molecular formula is C10H16O7. The van der Waals surface area contributed by atoms with Crippen LogP contribution < -0.4 is 0 Å². The Labute approximate surface area is 97.6 Å². The third kappa shape index (κ3) is 3.99. The molecule has 0 aromatic carbocycles. The van der Waals surface area contributed by atoms with Crippen LogP contribution in [0.3, 0.4) is 0 Å². The van der Waals surface area contributed by atoms with E-state index in [2.05, 4.69) is 6.58 Å². The first-order chi connectivity index (χ1) is 7.73. The fourth-order valence-electron chi connectivity index (χ4n) is 1.02. The van der Waals surface area contributed by atoms with Gasteiger partial charge in [-0.1, -0.05) is 6.58 Å². The van der Waals surface area contributed by atoms with Gasteiger partial charge in [0, 0.05) is 0 Å². The Morgan fingerprint density at radius 2 is 1.59 bits per heavy atom. The van der Waals surface area contributed by atoms with Gasteiger partial charge in [-0.3, -0.25) is 9.59 Å². The zero-order valence-electron chi connectivity index (χ0n) is 9.28. The van der Waals surface area contributed by atoms with Crippen LogP contribution in [-0.4, -0.2) is 68.1 Å². The van der Waals surface area contributed by atoms with E-state index in [4.69, 9.17) is 10.2 Å². The maximum Gasteiger partial charge on any atom is 0.234 e. The highest BCUT2D eigenvalue weighted by molar-refractivity contribution is 6.44. The van der Waals surface area contributed by atoms with Gasteiger partial charge in [-0.25, -0.2) is 0 Å². The van der Waals surface area contributed by atoms with Crippen molar-refractivity contribution in [3.05, 3.63) is 12.2 Å². The summed E-state index contributed by atoms with van der Waals surface area (Å²) in [5.41, 5.74) is -0.126. The second-order valence-electron chi connectivity index (χ2n) is 3.65. The molecule has 0 aliphatic carbocycles. The lowest BCUT2D eigenvalue weighted by Gasteiger charge is -2.24. The molecule has 0 fully saturated rings. The third-order valence-electron chi connectivity index (χ3n) is 2.13. The van der Waals surface area contributed by atoms with E-state index >= 15 is 0 Å². The lowest BCUT2D eigenvalue weighted by Crippen LogP contribution is -2.50. The van der Waals surface area contributed by atoms with E-state index in [1.54, 1.807) is 0 Å². The summed E-state index contributed by atoms with van der Waals surface area (Å²) in [4.78, 5) is 22.4. The van der Waals surface area contributed by atoms with Crippen LogP contribution in [0.5, 0.6) is 0 Å².